The monoisotopic (exact) mass is 380 g/mol. The third-order valence-electron chi connectivity index (χ3n) is 4.01. The zero-order valence-electron chi connectivity index (χ0n) is 14.6. The SMILES string of the molecule is NC(=O)CNC(=O)c1cccc(NC(=O)CN2C(=O)c3ccccc3C2=O)c1. The molecule has 9 nitrogen and oxygen atoms in total. The minimum absolute atomic E-state index is 0.208. The number of hydrogen-bond donors (Lipinski definition) is 3. The Bertz CT molecular complexity index is 966. The van der Waals surface area contributed by atoms with Gasteiger partial charge < -0.3 is 16.4 Å². The van der Waals surface area contributed by atoms with E-state index in [1.54, 1.807) is 18.2 Å². The van der Waals surface area contributed by atoms with Crippen molar-refractivity contribution >= 4 is 35.2 Å². The summed E-state index contributed by atoms with van der Waals surface area (Å²) in [7, 11) is 0. The molecule has 0 aromatic heterocycles. The zero-order valence-corrected chi connectivity index (χ0v) is 14.6. The molecule has 1 aliphatic rings. The first-order chi connectivity index (χ1) is 13.4. The minimum Gasteiger partial charge on any atom is -0.368 e. The maximum atomic E-state index is 12.3. The van der Waals surface area contributed by atoms with Crippen LogP contribution in [0.5, 0.6) is 0 Å². The molecule has 9 heteroatoms. The number of benzene rings is 2. The van der Waals surface area contributed by atoms with E-state index < -0.39 is 36.1 Å². The number of nitrogens with two attached hydrogens (primary N) is 1. The highest BCUT2D eigenvalue weighted by Gasteiger charge is 2.36. The summed E-state index contributed by atoms with van der Waals surface area (Å²) >= 11 is 0. The van der Waals surface area contributed by atoms with Gasteiger partial charge in [-0.15, -0.1) is 0 Å². The van der Waals surface area contributed by atoms with E-state index in [1.807, 2.05) is 0 Å². The summed E-state index contributed by atoms with van der Waals surface area (Å²) < 4.78 is 0. The van der Waals surface area contributed by atoms with Crippen LogP contribution in [0, 0.1) is 0 Å². The van der Waals surface area contributed by atoms with Gasteiger partial charge >= 0.3 is 0 Å². The molecular weight excluding hydrogens is 364 g/mol. The molecule has 0 aliphatic carbocycles. The van der Waals surface area contributed by atoms with E-state index in [9.17, 15) is 24.0 Å². The third-order valence-corrected chi connectivity index (χ3v) is 4.01. The largest absolute Gasteiger partial charge is 0.368 e. The van der Waals surface area contributed by atoms with Crippen LogP contribution in [0.1, 0.15) is 31.1 Å². The molecule has 0 fully saturated rings. The first-order valence-electron chi connectivity index (χ1n) is 8.28. The van der Waals surface area contributed by atoms with Crippen LogP contribution in [0.25, 0.3) is 0 Å². The summed E-state index contributed by atoms with van der Waals surface area (Å²) in [4.78, 5) is 60.4. The van der Waals surface area contributed by atoms with Crippen molar-refractivity contribution in [1.29, 1.82) is 0 Å². The number of anilines is 1. The Morgan fingerprint density at radius 1 is 0.929 bits per heavy atom. The van der Waals surface area contributed by atoms with Crippen LogP contribution < -0.4 is 16.4 Å². The molecule has 5 amide bonds. The van der Waals surface area contributed by atoms with Gasteiger partial charge in [0, 0.05) is 11.3 Å². The van der Waals surface area contributed by atoms with E-state index in [1.165, 1.54) is 30.3 Å². The van der Waals surface area contributed by atoms with Crippen LogP contribution >= 0.6 is 0 Å². The Balaban J connectivity index is 1.65. The van der Waals surface area contributed by atoms with E-state index in [0.29, 0.717) is 5.69 Å². The summed E-state index contributed by atoms with van der Waals surface area (Å²) in [6.45, 7) is -0.764. The average Bonchev–Trinajstić information content (AvgIpc) is 2.91. The molecule has 0 atom stereocenters. The van der Waals surface area contributed by atoms with Crippen molar-refractivity contribution in [3.8, 4) is 0 Å². The zero-order chi connectivity index (χ0) is 20.3. The van der Waals surface area contributed by atoms with Gasteiger partial charge in [0.25, 0.3) is 17.7 Å². The molecule has 0 bridgehead atoms. The third kappa shape index (κ3) is 3.88. The van der Waals surface area contributed by atoms with E-state index in [2.05, 4.69) is 10.6 Å². The molecule has 1 heterocycles. The number of carbonyl (C=O) groups excluding carboxylic acids is 5. The van der Waals surface area contributed by atoms with Crippen LogP contribution in [0.3, 0.4) is 0 Å². The Morgan fingerprint density at radius 2 is 1.57 bits per heavy atom. The number of carbonyl (C=O) groups is 5. The van der Waals surface area contributed by atoms with Crippen molar-refractivity contribution in [2.75, 3.05) is 18.4 Å². The van der Waals surface area contributed by atoms with Crippen LogP contribution in [0.4, 0.5) is 5.69 Å². The fourth-order valence-electron chi connectivity index (χ4n) is 2.73. The van der Waals surface area contributed by atoms with Crippen molar-refractivity contribution in [1.82, 2.24) is 10.2 Å². The quantitative estimate of drug-likeness (QED) is 0.612. The molecule has 0 saturated carbocycles. The molecule has 0 unspecified atom stereocenters. The fourth-order valence-corrected chi connectivity index (χ4v) is 2.73. The summed E-state index contributed by atoms with van der Waals surface area (Å²) in [5.74, 6) is -2.87. The molecule has 0 saturated heterocycles. The Morgan fingerprint density at radius 3 is 2.18 bits per heavy atom. The molecule has 2 aromatic carbocycles. The first kappa shape index (κ1) is 18.8. The van der Waals surface area contributed by atoms with Crippen LogP contribution in [0.15, 0.2) is 48.5 Å². The number of nitrogens with zero attached hydrogens (tertiary/aromatic N) is 1. The normalized spacial score (nSPS) is 12.5. The topological polar surface area (TPSA) is 139 Å². The molecule has 4 N–H and O–H groups in total. The number of rotatable bonds is 6. The van der Waals surface area contributed by atoms with Gasteiger partial charge in [0.05, 0.1) is 17.7 Å². The second-order valence-electron chi connectivity index (χ2n) is 6.02. The molecule has 2 aromatic rings. The van der Waals surface area contributed by atoms with Gasteiger partial charge in [0.2, 0.25) is 11.8 Å². The Labute approximate surface area is 159 Å². The number of fused-ring (bicyclic) bond motifs is 1. The molecule has 28 heavy (non-hydrogen) atoms. The van der Waals surface area contributed by atoms with Gasteiger partial charge in [0.1, 0.15) is 6.54 Å². The maximum absolute atomic E-state index is 12.3. The average molecular weight is 380 g/mol. The van der Waals surface area contributed by atoms with Crippen LogP contribution in [-0.4, -0.2) is 47.5 Å². The smallest absolute Gasteiger partial charge is 0.262 e. The molecule has 1 aliphatic heterocycles. The Hall–Kier alpha value is -4.01. The minimum atomic E-state index is -0.682. The maximum Gasteiger partial charge on any atom is 0.262 e. The second kappa shape index (κ2) is 7.70. The van der Waals surface area contributed by atoms with Crippen LogP contribution in [0.2, 0.25) is 0 Å². The molecular formula is C19H16N4O5. The number of hydrogen-bond acceptors (Lipinski definition) is 5. The lowest BCUT2D eigenvalue weighted by atomic mass is 10.1. The number of primary amides is 1. The van der Waals surface area contributed by atoms with Crippen molar-refractivity contribution in [3.05, 3.63) is 65.2 Å². The highest BCUT2D eigenvalue weighted by atomic mass is 16.2. The van der Waals surface area contributed by atoms with Crippen molar-refractivity contribution in [2.45, 2.75) is 0 Å². The van der Waals surface area contributed by atoms with Gasteiger partial charge in [-0.05, 0) is 30.3 Å². The van der Waals surface area contributed by atoms with Crippen molar-refractivity contribution < 1.29 is 24.0 Å². The number of amides is 5. The predicted octanol–water partition coefficient (Wildman–Crippen LogP) is 0.136. The lowest BCUT2D eigenvalue weighted by Gasteiger charge is -2.14. The highest BCUT2D eigenvalue weighted by Crippen LogP contribution is 2.22. The van der Waals surface area contributed by atoms with Gasteiger partial charge in [0.15, 0.2) is 0 Å². The van der Waals surface area contributed by atoms with Crippen LogP contribution in [-0.2, 0) is 9.59 Å². The fraction of sp³-hybridized carbons (Fsp3) is 0.105. The second-order valence-corrected chi connectivity index (χ2v) is 6.02. The summed E-state index contributed by atoms with van der Waals surface area (Å²) in [6, 6.07) is 12.3. The number of nitrogens with one attached hydrogen (secondary N) is 2. The van der Waals surface area contributed by atoms with Gasteiger partial charge in [-0.3, -0.25) is 28.9 Å². The lowest BCUT2D eigenvalue weighted by Crippen LogP contribution is -2.37. The number of imide groups is 1. The molecule has 142 valence electrons. The van der Waals surface area contributed by atoms with Gasteiger partial charge in [-0.25, -0.2) is 0 Å². The molecule has 3 rings (SSSR count). The molecule has 0 spiro atoms. The highest BCUT2D eigenvalue weighted by molar-refractivity contribution is 6.22. The van der Waals surface area contributed by atoms with E-state index >= 15 is 0 Å². The standard InChI is InChI=1S/C19H16N4O5/c20-15(24)9-21-17(26)11-4-3-5-12(8-11)22-16(25)10-23-18(27)13-6-1-2-7-14(13)19(23)28/h1-8H,9-10H2,(H2,20,24)(H,21,26)(H,22,25). The Kier molecular flexibility index (Phi) is 5.16. The summed E-state index contributed by atoms with van der Waals surface area (Å²) in [5.41, 5.74) is 6.00. The van der Waals surface area contributed by atoms with Gasteiger partial charge in [-0.1, -0.05) is 18.2 Å². The van der Waals surface area contributed by atoms with Crippen molar-refractivity contribution in [3.63, 3.8) is 0 Å². The predicted molar refractivity (Wildman–Crippen MR) is 98.4 cm³/mol. The van der Waals surface area contributed by atoms with E-state index in [-0.39, 0.29) is 23.2 Å². The summed E-state index contributed by atoms with van der Waals surface area (Å²) in [6.07, 6.45) is 0. The van der Waals surface area contributed by atoms with E-state index in [4.69, 9.17) is 5.73 Å². The molecule has 0 radical (unpaired) electrons. The first-order valence-corrected chi connectivity index (χ1v) is 8.28. The summed E-state index contributed by atoms with van der Waals surface area (Å²) in [5, 5.41) is 4.88. The van der Waals surface area contributed by atoms with Crippen molar-refractivity contribution in [2.24, 2.45) is 5.73 Å². The lowest BCUT2D eigenvalue weighted by molar-refractivity contribution is -0.117. The van der Waals surface area contributed by atoms with Gasteiger partial charge in [-0.2, -0.15) is 0 Å². The van der Waals surface area contributed by atoms with E-state index in [0.717, 1.165) is 4.90 Å².